The number of urea groups is 1. The summed E-state index contributed by atoms with van der Waals surface area (Å²) >= 11 is 0. The third-order valence-corrected chi connectivity index (χ3v) is 6.07. The standard InChI is InChI=1S/C24H26N2O3/c27-21(20-13-11-19(12-14-20)18-9-5-4-6-10-18)17-26-22(28)24(25-23(26)29)15-7-2-1-3-8-16-24/h4-6,9-14H,1-3,7-8,15-17H2,(H,25,29). The van der Waals surface area contributed by atoms with Crippen LogP contribution in [0.4, 0.5) is 4.79 Å². The minimum atomic E-state index is -0.811. The van der Waals surface area contributed by atoms with Crippen LogP contribution in [0.3, 0.4) is 0 Å². The van der Waals surface area contributed by atoms with E-state index in [9.17, 15) is 14.4 Å². The molecule has 0 atom stereocenters. The van der Waals surface area contributed by atoms with Crippen molar-refractivity contribution in [3.8, 4) is 11.1 Å². The molecule has 0 radical (unpaired) electrons. The molecule has 0 unspecified atom stereocenters. The molecule has 2 aromatic carbocycles. The molecule has 1 aliphatic heterocycles. The number of benzene rings is 2. The summed E-state index contributed by atoms with van der Waals surface area (Å²) in [4.78, 5) is 39.4. The molecule has 1 aliphatic carbocycles. The zero-order chi connectivity index (χ0) is 20.3. The van der Waals surface area contributed by atoms with E-state index in [1.807, 2.05) is 42.5 Å². The maximum atomic E-state index is 13.1. The van der Waals surface area contributed by atoms with Gasteiger partial charge in [0.25, 0.3) is 5.91 Å². The van der Waals surface area contributed by atoms with Gasteiger partial charge in [-0.25, -0.2) is 4.79 Å². The Morgan fingerprint density at radius 3 is 2.07 bits per heavy atom. The predicted molar refractivity (Wildman–Crippen MR) is 112 cm³/mol. The van der Waals surface area contributed by atoms with Gasteiger partial charge in [0.15, 0.2) is 5.78 Å². The van der Waals surface area contributed by atoms with Gasteiger partial charge < -0.3 is 5.32 Å². The number of Topliss-reactive ketones (excluding diaryl/α,β-unsaturated/α-hetero) is 1. The normalized spacial score (nSPS) is 19.0. The van der Waals surface area contributed by atoms with E-state index in [4.69, 9.17) is 0 Å². The van der Waals surface area contributed by atoms with E-state index in [1.165, 1.54) is 6.42 Å². The SMILES string of the molecule is O=C(CN1C(=O)NC2(CCCCCCC2)C1=O)c1ccc(-c2ccccc2)cc1. The third-order valence-electron chi connectivity index (χ3n) is 6.07. The number of nitrogens with one attached hydrogen (secondary N) is 1. The van der Waals surface area contributed by atoms with Crippen molar-refractivity contribution < 1.29 is 14.4 Å². The van der Waals surface area contributed by atoms with Crippen molar-refractivity contribution >= 4 is 17.7 Å². The monoisotopic (exact) mass is 390 g/mol. The molecular formula is C24H26N2O3. The van der Waals surface area contributed by atoms with E-state index in [1.54, 1.807) is 12.1 Å². The molecule has 0 aromatic heterocycles. The largest absolute Gasteiger partial charge is 0.325 e. The molecule has 2 fully saturated rings. The minimum absolute atomic E-state index is 0.211. The Labute approximate surface area is 171 Å². The molecule has 1 spiro atoms. The molecule has 2 aliphatic rings. The number of ketones is 1. The van der Waals surface area contributed by atoms with Crippen LogP contribution in [0.1, 0.15) is 55.3 Å². The topological polar surface area (TPSA) is 66.5 Å². The van der Waals surface area contributed by atoms with E-state index in [0.29, 0.717) is 18.4 Å². The Hall–Kier alpha value is -2.95. The van der Waals surface area contributed by atoms with Crippen molar-refractivity contribution in [1.29, 1.82) is 0 Å². The van der Waals surface area contributed by atoms with E-state index in [-0.39, 0.29) is 18.2 Å². The van der Waals surface area contributed by atoms with E-state index < -0.39 is 11.6 Å². The summed E-state index contributed by atoms with van der Waals surface area (Å²) in [6.45, 7) is -0.211. The van der Waals surface area contributed by atoms with Crippen LogP contribution in [0.5, 0.6) is 0 Å². The maximum absolute atomic E-state index is 13.1. The number of hydrogen-bond donors (Lipinski definition) is 1. The van der Waals surface area contributed by atoms with Gasteiger partial charge in [0.05, 0.1) is 6.54 Å². The number of carbonyl (C=O) groups is 3. The second kappa shape index (κ2) is 8.19. The first-order valence-corrected chi connectivity index (χ1v) is 10.4. The molecule has 1 saturated carbocycles. The van der Waals surface area contributed by atoms with Gasteiger partial charge in [-0.2, -0.15) is 0 Å². The minimum Gasteiger partial charge on any atom is -0.323 e. The number of rotatable bonds is 4. The highest BCUT2D eigenvalue weighted by Gasteiger charge is 2.50. The highest BCUT2D eigenvalue weighted by atomic mass is 16.2. The number of hydrogen-bond acceptors (Lipinski definition) is 3. The second-order valence-electron chi connectivity index (χ2n) is 8.04. The molecule has 5 nitrogen and oxygen atoms in total. The van der Waals surface area contributed by atoms with Gasteiger partial charge in [-0.05, 0) is 24.0 Å². The fourth-order valence-corrected chi connectivity index (χ4v) is 4.38. The van der Waals surface area contributed by atoms with Gasteiger partial charge >= 0.3 is 6.03 Å². The van der Waals surface area contributed by atoms with Crippen LogP contribution in [-0.2, 0) is 4.79 Å². The number of amides is 3. The molecule has 3 amide bonds. The summed E-state index contributed by atoms with van der Waals surface area (Å²) in [6.07, 6.45) is 6.51. The van der Waals surface area contributed by atoms with Crippen LogP contribution in [-0.4, -0.2) is 34.7 Å². The van der Waals surface area contributed by atoms with Crippen molar-refractivity contribution in [2.75, 3.05) is 6.54 Å². The Kier molecular flexibility index (Phi) is 5.47. The quantitative estimate of drug-likeness (QED) is 0.614. The average molecular weight is 390 g/mol. The van der Waals surface area contributed by atoms with Crippen LogP contribution in [0, 0.1) is 0 Å². The summed E-state index contributed by atoms with van der Waals surface area (Å²) in [5.41, 5.74) is 1.79. The van der Waals surface area contributed by atoms with E-state index in [0.717, 1.165) is 41.7 Å². The zero-order valence-corrected chi connectivity index (χ0v) is 16.5. The van der Waals surface area contributed by atoms with Crippen LogP contribution in [0.15, 0.2) is 54.6 Å². The van der Waals surface area contributed by atoms with E-state index >= 15 is 0 Å². The lowest BCUT2D eigenvalue weighted by Gasteiger charge is -2.28. The lowest BCUT2D eigenvalue weighted by atomic mass is 9.84. The summed E-state index contributed by atoms with van der Waals surface area (Å²) in [6, 6.07) is 16.8. The van der Waals surface area contributed by atoms with Gasteiger partial charge in [-0.1, -0.05) is 86.7 Å². The fraction of sp³-hybridized carbons (Fsp3) is 0.375. The first-order valence-electron chi connectivity index (χ1n) is 10.4. The Balaban J connectivity index is 1.46. The highest BCUT2D eigenvalue weighted by Crippen LogP contribution is 2.32. The predicted octanol–water partition coefficient (Wildman–Crippen LogP) is 4.57. The molecule has 1 saturated heterocycles. The van der Waals surface area contributed by atoms with Crippen LogP contribution in [0.25, 0.3) is 11.1 Å². The third kappa shape index (κ3) is 3.95. The van der Waals surface area contributed by atoms with Gasteiger partial charge in [-0.15, -0.1) is 0 Å². The lowest BCUT2D eigenvalue weighted by Crippen LogP contribution is -2.47. The van der Waals surface area contributed by atoms with Crippen LogP contribution in [0.2, 0.25) is 0 Å². The van der Waals surface area contributed by atoms with Crippen molar-refractivity contribution in [2.45, 2.75) is 50.5 Å². The summed E-state index contributed by atoms with van der Waals surface area (Å²) < 4.78 is 0. The molecule has 0 bridgehead atoms. The van der Waals surface area contributed by atoms with Crippen LogP contribution >= 0.6 is 0 Å². The first-order chi connectivity index (χ1) is 14.1. The van der Waals surface area contributed by atoms with Gasteiger partial charge in [0.1, 0.15) is 5.54 Å². The van der Waals surface area contributed by atoms with Crippen molar-refractivity contribution in [1.82, 2.24) is 10.2 Å². The summed E-state index contributed by atoms with van der Waals surface area (Å²) in [5, 5.41) is 2.91. The van der Waals surface area contributed by atoms with Crippen molar-refractivity contribution in [3.63, 3.8) is 0 Å². The molecule has 1 N–H and O–H groups in total. The molecule has 150 valence electrons. The Bertz CT molecular complexity index is 897. The average Bonchev–Trinajstić information content (AvgIpc) is 2.96. The van der Waals surface area contributed by atoms with Gasteiger partial charge in [-0.3, -0.25) is 14.5 Å². The number of nitrogens with zero attached hydrogens (tertiary/aromatic N) is 1. The molecule has 1 heterocycles. The number of imide groups is 1. The van der Waals surface area contributed by atoms with Gasteiger partial charge in [0, 0.05) is 5.56 Å². The first kappa shape index (κ1) is 19.4. The summed E-state index contributed by atoms with van der Waals surface area (Å²) in [7, 11) is 0. The number of carbonyl (C=O) groups excluding carboxylic acids is 3. The van der Waals surface area contributed by atoms with E-state index in [2.05, 4.69) is 5.32 Å². The molecule has 5 heteroatoms. The summed E-state index contributed by atoms with van der Waals surface area (Å²) in [5.74, 6) is -0.463. The zero-order valence-electron chi connectivity index (χ0n) is 16.5. The molecule has 4 rings (SSSR count). The Morgan fingerprint density at radius 2 is 1.41 bits per heavy atom. The molecule has 29 heavy (non-hydrogen) atoms. The van der Waals surface area contributed by atoms with Crippen molar-refractivity contribution in [2.24, 2.45) is 0 Å². The van der Waals surface area contributed by atoms with Crippen molar-refractivity contribution in [3.05, 3.63) is 60.2 Å². The van der Waals surface area contributed by atoms with Crippen LogP contribution < -0.4 is 5.32 Å². The van der Waals surface area contributed by atoms with Gasteiger partial charge in [0.2, 0.25) is 0 Å². The maximum Gasteiger partial charge on any atom is 0.325 e. The fourth-order valence-electron chi connectivity index (χ4n) is 4.38. The Morgan fingerprint density at radius 1 is 0.828 bits per heavy atom. The smallest absolute Gasteiger partial charge is 0.323 e. The molecular weight excluding hydrogens is 364 g/mol. The molecule has 2 aromatic rings. The lowest BCUT2D eigenvalue weighted by molar-refractivity contribution is -0.131. The highest BCUT2D eigenvalue weighted by molar-refractivity contribution is 6.11. The second-order valence-corrected chi connectivity index (χ2v) is 8.04.